The van der Waals surface area contributed by atoms with Crippen LogP contribution in [0.15, 0.2) is 8.68 Å². The van der Waals surface area contributed by atoms with Gasteiger partial charge in [0.2, 0.25) is 0 Å². The van der Waals surface area contributed by atoms with Gasteiger partial charge in [-0.2, -0.15) is 0 Å². The van der Waals surface area contributed by atoms with Crippen LogP contribution < -0.4 is 0 Å². The van der Waals surface area contributed by atoms with E-state index in [9.17, 15) is 0 Å². The van der Waals surface area contributed by atoms with Gasteiger partial charge in [-0.05, 0) is 21.0 Å². The highest BCUT2D eigenvalue weighted by Gasteiger charge is 2.07. The molecule has 1 heterocycles. The molecule has 1 unspecified atom stereocenters. The number of thioether (sulfide) groups is 1. The smallest absolute Gasteiger partial charge is 0.175 e. The van der Waals surface area contributed by atoms with Crippen LogP contribution in [0.5, 0.6) is 0 Å². The third-order valence-corrected chi connectivity index (χ3v) is 4.19. The van der Waals surface area contributed by atoms with E-state index in [-0.39, 0.29) is 0 Å². The summed E-state index contributed by atoms with van der Waals surface area (Å²) in [6.45, 7) is 2.19. The summed E-state index contributed by atoms with van der Waals surface area (Å²) in [5.41, 5.74) is 0. The molecule has 0 saturated carbocycles. The molecule has 1 atom stereocenters. The summed E-state index contributed by atoms with van der Waals surface area (Å²) in [6.07, 6.45) is 0. The first-order valence-corrected chi connectivity index (χ1v) is 6.16. The van der Waals surface area contributed by atoms with E-state index in [4.69, 9.17) is 0 Å². The van der Waals surface area contributed by atoms with Crippen molar-refractivity contribution >= 4 is 35.7 Å². The van der Waals surface area contributed by atoms with Gasteiger partial charge in [-0.3, -0.25) is 0 Å². The van der Waals surface area contributed by atoms with Crippen molar-refractivity contribution in [2.75, 3.05) is 19.8 Å². The van der Waals surface area contributed by atoms with E-state index in [1.54, 1.807) is 11.8 Å². The molecular formula is C7H13N3S3. The maximum Gasteiger partial charge on any atom is 0.175 e. The van der Waals surface area contributed by atoms with Crippen molar-refractivity contribution < 1.29 is 0 Å². The number of hydrogen-bond acceptors (Lipinski definition) is 6. The highest BCUT2D eigenvalue weighted by molar-refractivity contribution is 8.01. The molecular weight excluding hydrogens is 222 g/mol. The molecule has 0 radical (unpaired) electrons. The Hall–Kier alpha value is 0.220. The topological polar surface area (TPSA) is 29.0 Å². The molecule has 1 aromatic heterocycles. The highest BCUT2D eigenvalue weighted by Crippen LogP contribution is 2.24. The SMILES string of the molecule is CC(CSc1nnc(S)s1)N(C)C. The molecule has 0 aliphatic heterocycles. The molecule has 0 saturated heterocycles. The van der Waals surface area contributed by atoms with Crippen LogP contribution in [0.25, 0.3) is 0 Å². The minimum absolute atomic E-state index is 0.553. The van der Waals surface area contributed by atoms with Crippen molar-refractivity contribution in [3.8, 4) is 0 Å². The molecule has 0 amide bonds. The van der Waals surface area contributed by atoms with E-state index in [1.807, 2.05) is 0 Å². The average molecular weight is 235 g/mol. The number of rotatable bonds is 4. The van der Waals surface area contributed by atoms with Crippen LogP contribution in [-0.4, -0.2) is 41.0 Å². The molecule has 1 aromatic rings. The van der Waals surface area contributed by atoms with Gasteiger partial charge in [0.1, 0.15) is 0 Å². The number of nitrogens with zero attached hydrogens (tertiary/aromatic N) is 3. The predicted molar refractivity (Wildman–Crippen MR) is 61.0 cm³/mol. The predicted octanol–water partition coefficient (Wildman–Crippen LogP) is 1.87. The van der Waals surface area contributed by atoms with Gasteiger partial charge in [0.25, 0.3) is 0 Å². The average Bonchev–Trinajstić information content (AvgIpc) is 2.47. The Morgan fingerprint density at radius 3 is 2.69 bits per heavy atom. The molecule has 6 heteroatoms. The van der Waals surface area contributed by atoms with Crippen LogP contribution in [0.3, 0.4) is 0 Å². The first-order valence-electron chi connectivity index (χ1n) is 3.91. The second kappa shape index (κ2) is 5.19. The van der Waals surface area contributed by atoms with Crippen molar-refractivity contribution in [1.82, 2.24) is 15.1 Å². The van der Waals surface area contributed by atoms with E-state index in [1.165, 1.54) is 11.3 Å². The molecule has 0 N–H and O–H groups in total. The van der Waals surface area contributed by atoms with Crippen LogP contribution in [0.1, 0.15) is 6.92 Å². The van der Waals surface area contributed by atoms with Crippen molar-refractivity contribution in [2.24, 2.45) is 0 Å². The first-order chi connectivity index (χ1) is 6.09. The minimum Gasteiger partial charge on any atom is -0.306 e. The maximum absolute atomic E-state index is 4.11. The van der Waals surface area contributed by atoms with Gasteiger partial charge in [-0.25, -0.2) is 0 Å². The second-order valence-corrected chi connectivity index (χ2v) is 5.94. The lowest BCUT2D eigenvalue weighted by molar-refractivity contribution is 0.340. The summed E-state index contributed by atoms with van der Waals surface area (Å²) < 4.78 is 1.73. The lowest BCUT2D eigenvalue weighted by atomic mass is 10.4. The maximum atomic E-state index is 4.11. The van der Waals surface area contributed by atoms with E-state index < -0.39 is 0 Å². The van der Waals surface area contributed by atoms with Gasteiger partial charge in [0.05, 0.1) is 0 Å². The fourth-order valence-electron chi connectivity index (χ4n) is 0.602. The normalized spacial score (nSPS) is 13.6. The Balaban J connectivity index is 2.35. The Bertz CT molecular complexity index is 261. The molecule has 0 aromatic carbocycles. The number of thiol groups is 1. The molecule has 0 aliphatic carbocycles. The molecule has 0 spiro atoms. The fraction of sp³-hybridized carbons (Fsp3) is 0.714. The van der Waals surface area contributed by atoms with Gasteiger partial charge in [-0.15, -0.1) is 22.8 Å². The number of hydrogen-bond donors (Lipinski definition) is 1. The highest BCUT2D eigenvalue weighted by atomic mass is 32.2. The van der Waals surface area contributed by atoms with Crippen molar-refractivity contribution in [3.63, 3.8) is 0 Å². The summed E-state index contributed by atoms with van der Waals surface area (Å²) >= 11 is 7.37. The van der Waals surface area contributed by atoms with Gasteiger partial charge in [0.15, 0.2) is 8.68 Å². The Morgan fingerprint density at radius 2 is 2.23 bits per heavy atom. The van der Waals surface area contributed by atoms with Crippen LogP contribution in [0, 0.1) is 0 Å². The molecule has 0 fully saturated rings. The first kappa shape index (κ1) is 11.3. The standard InChI is InChI=1S/C7H13N3S3/c1-5(10(2)3)4-12-7-9-8-6(11)13-7/h5H,4H2,1-3H3,(H,8,11). The van der Waals surface area contributed by atoms with Gasteiger partial charge in [0, 0.05) is 11.8 Å². The molecule has 13 heavy (non-hydrogen) atoms. The lowest BCUT2D eigenvalue weighted by Gasteiger charge is -2.17. The van der Waals surface area contributed by atoms with Crippen molar-refractivity contribution in [2.45, 2.75) is 21.6 Å². The van der Waals surface area contributed by atoms with Gasteiger partial charge in [-0.1, -0.05) is 23.1 Å². The van der Waals surface area contributed by atoms with E-state index in [0.717, 1.165) is 14.4 Å². The molecule has 1 rings (SSSR count). The summed E-state index contributed by atoms with van der Waals surface area (Å²) in [5, 5.41) is 7.82. The van der Waals surface area contributed by atoms with E-state index >= 15 is 0 Å². The third kappa shape index (κ3) is 3.84. The zero-order chi connectivity index (χ0) is 9.84. The Morgan fingerprint density at radius 1 is 1.54 bits per heavy atom. The lowest BCUT2D eigenvalue weighted by Crippen LogP contribution is -2.26. The molecule has 0 aliphatic rings. The Labute approximate surface area is 92.3 Å². The Kier molecular flexibility index (Phi) is 4.51. The van der Waals surface area contributed by atoms with E-state index in [2.05, 4.69) is 48.7 Å². The molecule has 0 bridgehead atoms. The second-order valence-electron chi connectivity index (χ2n) is 2.97. The third-order valence-electron chi connectivity index (χ3n) is 1.73. The summed E-state index contributed by atoms with van der Waals surface area (Å²) in [5.74, 6) is 1.04. The quantitative estimate of drug-likeness (QED) is 0.637. The summed E-state index contributed by atoms with van der Waals surface area (Å²) in [6, 6.07) is 0.553. The van der Waals surface area contributed by atoms with Crippen molar-refractivity contribution in [1.29, 1.82) is 0 Å². The number of aromatic nitrogens is 2. The van der Waals surface area contributed by atoms with Gasteiger partial charge < -0.3 is 4.90 Å². The molecule has 74 valence electrons. The monoisotopic (exact) mass is 235 g/mol. The van der Waals surface area contributed by atoms with Crippen LogP contribution in [0.4, 0.5) is 0 Å². The van der Waals surface area contributed by atoms with Gasteiger partial charge >= 0.3 is 0 Å². The zero-order valence-corrected chi connectivity index (χ0v) is 10.4. The van der Waals surface area contributed by atoms with Crippen LogP contribution >= 0.6 is 35.7 Å². The minimum atomic E-state index is 0.553. The summed E-state index contributed by atoms with van der Waals surface area (Å²) in [4.78, 5) is 2.19. The molecule has 3 nitrogen and oxygen atoms in total. The zero-order valence-electron chi connectivity index (χ0n) is 7.89. The summed E-state index contributed by atoms with van der Waals surface area (Å²) in [7, 11) is 4.16. The fourth-order valence-corrected chi connectivity index (χ4v) is 2.87. The van der Waals surface area contributed by atoms with Crippen LogP contribution in [-0.2, 0) is 0 Å². The largest absolute Gasteiger partial charge is 0.306 e. The van der Waals surface area contributed by atoms with Crippen LogP contribution in [0.2, 0.25) is 0 Å². The van der Waals surface area contributed by atoms with E-state index in [0.29, 0.717) is 6.04 Å². The van der Waals surface area contributed by atoms with Crippen molar-refractivity contribution in [3.05, 3.63) is 0 Å².